The van der Waals surface area contributed by atoms with Gasteiger partial charge in [-0.15, -0.1) is 11.3 Å². The summed E-state index contributed by atoms with van der Waals surface area (Å²) in [6.07, 6.45) is 0. The number of fused-ring (bicyclic) bond motifs is 1. The third-order valence-corrected chi connectivity index (χ3v) is 2.93. The number of hydrogen-bond acceptors (Lipinski definition) is 4. The van der Waals surface area contributed by atoms with E-state index < -0.39 is 0 Å². The monoisotopic (exact) mass is 209 g/mol. The Morgan fingerprint density at radius 1 is 1.57 bits per heavy atom. The van der Waals surface area contributed by atoms with Crippen LogP contribution in [0, 0.1) is 0 Å². The topological polar surface area (TPSA) is 55.5 Å². The lowest BCUT2D eigenvalue weighted by Gasteiger charge is -2.07. The van der Waals surface area contributed by atoms with E-state index in [4.69, 9.17) is 10.5 Å². The highest BCUT2D eigenvalue weighted by molar-refractivity contribution is 7.17. The smallest absolute Gasteiger partial charge is 0.156 e. The van der Waals surface area contributed by atoms with Crippen LogP contribution in [0.2, 0.25) is 0 Å². The van der Waals surface area contributed by atoms with Crippen LogP contribution >= 0.6 is 11.3 Å². The van der Waals surface area contributed by atoms with Gasteiger partial charge < -0.3 is 15.6 Å². The van der Waals surface area contributed by atoms with Gasteiger partial charge in [0.25, 0.3) is 0 Å². The molecule has 0 saturated heterocycles. The zero-order chi connectivity index (χ0) is 10.1. The predicted molar refractivity (Wildman–Crippen MR) is 59.1 cm³/mol. The average Bonchev–Trinajstić information content (AvgIpc) is 2.63. The summed E-state index contributed by atoms with van der Waals surface area (Å²) < 4.78 is 6.21. The fourth-order valence-electron chi connectivity index (χ4n) is 1.38. The highest BCUT2D eigenvalue weighted by atomic mass is 32.1. The molecule has 0 spiro atoms. The lowest BCUT2D eigenvalue weighted by molar-refractivity contribution is 0.344. The largest absolute Gasteiger partial charge is 0.504 e. The molecule has 1 heterocycles. The first-order valence-corrected chi connectivity index (χ1v) is 5.23. The van der Waals surface area contributed by atoms with E-state index in [1.165, 1.54) is 11.3 Å². The maximum absolute atomic E-state index is 9.67. The van der Waals surface area contributed by atoms with Gasteiger partial charge in [0.15, 0.2) is 5.75 Å². The van der Waals surface area contributed by atoms with Gasteiger partial charge in [0.05, 0.1) is 17.0 Å². The molecule has 3 N–H and O–H groups in total. The molecular formula is C10H11NO2S. The number of rotatable bonds is 2. The van der Waals surface area contributed by atoms with Crippen LogP contribution in [0.5, 0.6) is 11.5 Å². The number of thiophene rings is 1. The highest BCUT2D eigenvalue weighted by Crippen LogP contribution is 2.40. The van der Waals surface area contributed by atoms with Gasteiger partial charge in [0.1, 0.15) is 5.75 Å². The van der Waals surface area contributed by atoms with Crippen LogP contribution in [-0.4, -0.2) is 11.7 Å². The lowest BCUT2D eigenvalue weighted by atomic mass is 10.2. The van der Waals surface area contributed by atoms with Gasteiger partial charge in [-0.05, 0) is 18.4 Å². The minimum absolute atomic E-state index is 0.151. The van der Waals surface area contributed by atoms with Crippen molar-refractivity contribution in [3.63, 3.8) is 0 Å². The second-order valence-corrected chi connectivity index (χ2v) is 3.83. The highest BCUT2D eigenvalue weighted by Gasteiger charge is 2.10. The van der Waals surface area contributed by atoms with Crippen molar-refractivity contribution in [2.75, 3.05) is 12.3 Å². The summed E-state index contributed by atoms with van der Waals surface area (Å²) in [6.45, 7) is 2.51. The van der Waals surface area contributed by atoms with Gasteiger partial charge in [-0.2, -0.15) is 0 Å². The molecule has 1 aromatic heterocycles. The molecule has 14 heavy (non-hydrogen) atoms. The molecule has 0 bridgehead atoms. The third kappa shape index (κ3) is 1.28. The number of nitrogens with two attached hydrogens (primary N) is 1. The SMILES string of the molecule is CCOc1cc(N)c(O)c2sccc12. The van der Waals surface area contributed by atoms with E-state index in [9.17, 15) is 5.11 Å². The van der Waals surface area contributed by atoms with E-state index in [0.717, 1.165) is 15.8 Å². The van der Waals surface area contributed by atoms with Crippen molar-refractivity contribution in [3.05, 3.63) is 17.5 Å². The standard InChI is InChI=1S/C10H11NO2S/c1-2-13-8-5-7(11)9(12)10-6(8)3-4-14-10/h3-5,12H,2,11H2,1H3. The van der Waals surface area contributed by atoms with Crippen LogP contribution in [0.1, 0.15) is 6.92 Å². The van der Waals surface area contributed by atoms with Crippen LogP contribution in [0.25, 0.3) is 10.1 Å². The Kier molecular flexibility index (Phi) is 2.21. The summed E-state index contributed by atoms with van der Waals surface area (Å²) in [7, 11) is 0. The molecule has 2 rings (SSSR count). The number of phenols is 1. The fraction of sp³-hybridized carbons (Fsp3) is 0.200. The van der Waals surface area contributed by atoms with Gasteiger partial charge in [-0.1, -0.05) is 0 Å². The molecule has 4 heteroatoms. The van der Waals surface area contributed by atoms with Crippen molar-refractivity contribution in [2.45, 2.75) is 6.92 Å². The molecule has 0 amide bonds. The molecule has 0 fully saturated rings. The van der Waals surface area contributed by atoms with E-state index in [0.29, 0.717) is 12.3 Å². The van der Waals surface area contributed by atoms with Crippen molar-refractivity contribution in [1.29, 1.82) is 0 Å². The zero-order valence-corrected chi connectivity index (χ0v) is 8.60. The normalized spacial score (nSPS) is 10.6. The number of aromatic hydroxyl groups is 1. The summed E-state index contributed by atoms with van der Waals surface area (Å²) in [4.78, 5) is 0. The van der Waals surface area contributed by atoms with Crippen LogP contribution in [0.4, 0.5) is 5.69 Å². The molecule has 74 valence electrons. The number of nitrogen functional groups attached to an aromatic ring is 1. The summed E-state index contributed by atoms with van der Waals surface area (Å²) in [5.74, 6) is 0.887. The fourth-order valence-corrected chi connectivity index (χ4v) is 2.25. The lowest BCUT2D eigenvalue weighted by Crippen LogP contribution is -1.94. The maximum Gasteiger partial charge on any atom is 0.156 e. The molecule has 3 nitrogen and oxygen atoms in total. The molecule has 0 aliphatic carbocycles. The summed E-state index contributed by atoms with van der Waals surface area (Å²) in [5.41, 5.74) is 6.02. The van der Waals surface area contributed by atoms with E-state index in [1.54, 1.807) is 6.07 Å². The first-order chi connectivity index (χ1) is 6.74. The molecule has 0 saturated carbocycles. The van der Waals surface area contributed by atoms with Crippen LogP contribution < -0.4 is 10.5 Å². The Morgan fingerprint density at radius 2 is 2.36 bits per heavy atom. The van der Waals surface area contributed by atoms with Gasteiger partial charge >= 0.3 is 0 Å². The summed E-state index contributed by atoms with van der Waals surface area (Å²) >= 11 is 1.46. The molecule has 0 atom stereocenters. The number of hydrogen-bond donors (Lipinski definition) is 2. The van der Waals surface area contributed by atoms with E-state index in [-0.39, 0.29) is 5.75 Å². The van der Waals surface area contributed by atoms with Gasteiger partial charge in [-0.3, -0.25) is 0 Å². The minimum atomic E-state index is 0.151. The van der Waals surface area contributed by atoms with E-state index in [2.05, 4.69) is 0 Å². The maximum atomic E-state index is 9.67. The van der Waals surface area contributed by atoms with Crippen molar-refractivity contribution in [2.24, 2.45) is 0 Å². The van der Waals surface area contributed by atoms with Crippen LogP contribution in [0.15, 0.2) is 17.5 Å². The Morgan fingerprint density at radius 3 is 3.07 bits per heavy atom. The number of benzene rings is 1. The molecule has 0 aliphatic heterocycles. The quantitative estimate of drug-likeness (QED) is 0.590. The second-order valence-electron chi connectivity index (χ2n) is 2.91. The van der Waals surface area contributed by atoms with Crippen LogP contribution in [0.3, 0.4) is 0 Å². The zero-order valence-electron chi connectivity index (χ0n) is 7.78. The molecule has 0 unspecified atom stereocenters. The average molecular weight is 209 g/mol. The van der Waals surface area contributed by atoms with Crippen molar-refractivity contribution in [1.82, 2.24) is 0 Å². The molecule has 0 radical (unpaired) electrons. The van der Waals surface area contributed by atoms with E-state index in [1.807, 2.05) is 18.4 Å². The Hall–Kier alpha value is -1.42. The summed E-state index contributed by atoms with van der Waals surface area (Å²) in [6, 6.07) is 3.58. The van der Waals surface area contributed by atoms with Crippen molar-refractivity contribution in [3.8, 4) is 11.5 Å². The summed E-state index contributed by atoms with van der Waals surface area (Å²) in [5, 5.41) is 12.5. The van der Waals surface area contributed by atoms with Gasteiger partial charge in [0.2, 0.25) is 0 Å². The number of anilines is 1. The Labute approximate surface area is 85.7 Å². The first kappa shape index (κ1) is 9.15. The Balaban J connectivity index is 2.71. The molecule has 2 aromatic rings. The van der Waals surface area contributed by atoms with E-state index >= 15 is 0 Å². The third-order valence-electron chi connectivity index (χ3n) is 2.01. The second kappa shape index (κ2) is 3.38. The number of phenolic OH excluding ortho intramolecular Hbond substituents is 1. The predicted octanol–water partition coefficient (Wildman–Crippen LogP) is 2.59. The van der Waals surface area contributed by atoms with Gasteiger partial charge in [-0.25, -0.2) is 0 Å². The minimum Gasteiger partial charge on any atom is -0.504 e. The van der Waals surface area contributed by atoms with Gasteiger partial charge in [0, 0.05) is 11.5 Å². The molecule has 1 aromatic carbocycles. The Bertz CT molecular complexity index is 464. The van der Waals surface area contributed by atoms with Crippen molar-refractivity contribution >= 4 is 27.1 Å². The first-order valence-electron chi connectivity index (χ1n) is 4.35. The number of ether oxygens (including phenoxy) is 1. The molecule has 0 aliphatic rings. The van der Waals surface area contributed by atoms with Crippen molar-refractivity contribution < 1.29 is 9.84 Å². The molecular weight excluding hydrogens is 198 g/mol. The van der Waals surface area contributed by atoms with Crippen LogP contribution in [-0.2, 0) is 0 Å².